The molecule has 0 fully saturated rings. The molecule has 1 aromatic heterocycles. The zero-order valence-electron chi connectivity index (χ0n) is 20.3. The van der Waals surface area contributed by atoms with Gasteiger partial charge in [-0.25, -0.2) is 4.98 Å². The normalized spacial score (nSPS) is 12.0. The SMILES string of the molecule is CCCCCCCc1ccc(-c2c(C#N)c(C=CN(C)C)nc3c2C(=O)c2ccccc2-3)cc1. The molecular formula is C30H31N3O. The van der Waals surface area contributed by atoms with E-state index >= 15 is 0 Å². The quantitative estimate of drug-likeness (QED) is 0.261. The first-order chi connectivity index (χ1) is 16.5. The van der Waals surface area contributed by atoms with Gasteiger partial charge >= 0.3 is 0 Å². The van der Waals surface area contributed by atoms with Gasteiger partial charge in [-0.05, 0) is 30.0 Å². The number of rotatable bonds is 9. The van der Waals surface area contributed by atoms with Gasteiger partial charge in [0.05, 0.1) is 22.5 Å². The molecule has 1 heterocycles. The minimum absolute atomic E-state index is 0.0623. The van der Waals surface area contributed by atoms with Crippen molar-refractivity contribution in [1.82, 2.24) is 9.88 Å². The Bertz CT molecular complexity index is 1260. The molecule has 4 rings (SSSR count). The fourth-order valence-electron chi connectivity index (χ4n) is 4.55. The number of unbranched alkanes of at least 4 members (excludes halogenated alkanes) is 4. The summed E-state index contributed by atoms with van der Waals surface area (Å²) in [5.74, 6) is -0.0623. The first kappa shape index (κ1) is 23.4. The predicted octanol–water partition coefficient (Wildman–Crippen LogP) is 6.88. The summed E-state index contributed by atoms with van der Waals surface area (Å²) in [6.45, 7) is 2.23. The molecule has 0 spiro atoms. The van der Waals surface area contributed by atoms with Gasteiger partial charge in [-0.1, -0.05) is 81.1 Å². The predicted molar refractivity (Wildman–Crippen MR) is 138 cm³/mol. The molecule has 0 saturated heterocycles. The molecule has 4 heteroatoms. The molecule has 1 aliphatic rings. The summed E-state index contributed by atoms with van der Waals surface area (Å²) in [6.07, 6.45) is 11.0. The van der Waals surface area contributed by atoms with E-state index < -0.39 is 0 Å². The van der Waals surface area contributed by atoms with Gasteiger partial charge < -0.3 is 4.90 Å². The molecule has 172 valence electrons. The number of carbonyl (C=O) groups excluding carboxylic acids is 1. The molecule has 4 nitrogen and oxygen atoms in total. The summed E-state index contributed by atoms with van der Waals surface area (Å²) in [7, 11) is 3.85. The van der Waals surface area contributed by atoms with Crippen LogP contribution in [0.15, 0.2) is 54.7 Å². The highest BCUT2D eigenvalue weighted by Gasteiger charge is 2.33. The molecule has 0 atom stereocenters. The Morgan fingerprint density at radius 1 is 0.941 bits per heavy atom. The molecule has 3 aromatic rings. The number of carbonyl (C=O) groups is 1. The summed E-state index contributed by atoms with van der Waals surface area (Å²) >= 11 is 0. The number of aryl methyl sites for hydroxylation is 1. The number of benzene rings is 2. The molecule has 0 amide bonds. The third-order valence-electron chi connectivity index (χ3n) is 6.33. The molecule has 0 N–H and O–H groups in total. The van der Waals surface area contributed by atoms with Crippen LogP contribution >= 0.6 is 0 Å². The lowest BCUT2D eigenvalue weighted by Crippen LogP contribution is -2.05. The van der Waals surface area contributed by atoms with Crippen LogP contribution in [0.25, 0.3) is 28.5 Å². The Labute approximate surface area is 202 Å². The summed E-state index contributed by atoms with van der Waals surface area (Å²) in [5.41, 5.74) is 6.53. The van der Waals surface area contributed by atoms with E-state index in [1.807, 2.05) is 67.7 Å². The molecule has 0 radical (unpaired) electrons. The van der Waals surface area contributed by atoms with E-state index in [9.17, 15) is 10.1 Å². The van der Waals surface area contributed by atoms with Crippen molar-refractivity contribution in [3.05, 3.63) is 82.7 Å². The maximum absolute atomic E-state index is 13.4. The van der Waals surface area contributed by atoms with Crippen LogP contribution in [-0.2, 0) is 6.42 Å². The first-order valence-electron chi connectivity index (χ1n) is 12.1. The number of fused-ring (bicyclic) bond motifs is 3. The average molecular weight is 450 g/mol. The van der Waals surface area contributed by atoms with Gasteiger partial charge in [-0.15, -0.1) is 0 Å². The maximum Gasteiger partial charge on any atom is 0.196 e. The smallest absolute Gasteiger partial charge is 0.196 e. The van der Waals surface area contributed by atoms with Crippen molar-refractivity contribution in [3.63, 3.8) is 0 Å². The number of pyridine rings is 1. The van der Waals surface area contributed by atoms with Crippen molar-refractivity contribution in [2.75, 3.05) is 14.1 Å². The van der Waals surface area contributed by atoms with E-state index in [1.54, 1.807) is 0 Å². The Kier molecular flexibility index (Phi) is 7.23. The minimum Gasteiger partial charge on any atom is -0.383 e. The molecule has 34 heavy (non-hydrogen) atoms. The van der Waals surface area contributed by atoms with Crippen molar-refractivity contribution < 1.29 is 4.79 Å². The van der Waals surface area contributed by atoms with Gasteiger partial charge in [0.25, 0.3) is 0 Å². The molecule has 0 saturated carbocycles. The number of ketones is 1. The standard InChI is InChI=1S/C30H31N3O/c1-4-5-6-7-8-11-21-14-16-22(17-15-21)27-25(20-31)26(18-19-33(2)3)32-29-23-12-9-10-13-24(23)30(34)28(27)29/h9-10,12-19H,4-8,11H2,1-3H3. The molecule has 1 aliphatic carbocycles. The summed E-state index contributed by atoms with van der Waals surface area (Å²) in [4.78, 5) is 20.2. The molecule has 0 bridgehead atoms. The Hall–Kier alpha value is -3.71. The lowest BCUT2D eigenvalue weighted by atomic mass is 9.91. The van der Waals surface area contributed by atoms with E-state index in [0.29, 0.717) is 33.6 Å². The highest BCUT2D eigenvalue weighted by molar-refractivity contribution is 6.24. The maximum atomic E-state index is 13.4. The van der Waals surface area contributed by atoms with Gasteiger partial charge in [0, 0.05) is 37.0 Å². The van der Waals surface area contributed by atoms with Crippen LogP contribution in [0.2, 0.25) is 0 Å². The zero-order chi connectivity index (χ0) is 24.1. The Morgan fingerprint density at radius 3 is 2.32 bits per heavy atom. The minimum atomic E-state index is -0.0623. The van der Waals surface area contributed by atoms with Crippen LogP contribution in [0.4, 0.5) is 0 Å². The van der Waals surface area contributed by atoms with Crippen molar-refractivity contribution in [1.29, 1.82) is 5.26 Å². The molecule has 0 aliphatic heterocycles. The van der Waals surface area contributed by atoms with Gasteiger partial charge in [0.15, 0.2) is 5.78 Å². The largest absolute Gasteiger partial charge is 0.383 e. The molecule has 2 aromatic carbocycles. The summed E-state index contributed by atoms with van der Waals surface area (Å²) in [5, 5.41) is 10.2. The third-order valence-corrected chi connectivity index (χ3v) is 6.33. The van der Waals surface area contributed by atoms with Crippen LogP contribution in [0.3, 0.4) is 0 Å². The van der Waals surface area contributed by atoms with E-state index in [4.69, 9.17) is 4.98 Å². The van der Waals surface area contributed by atoms with Crippen molar-refractivity contribution in [2.45, 2.75) is 45.4 Å². The van der Waals surface area contributed by atoms with Crippen molar-refractivity contribution in [2.24, 2.45) is 0 Å². The molecular weight excluding hydrogens is 418 g/mol. The van der Waals surface area contributed by atoms with Gasteiger partial charge in [0.2, 0.25) is 0 Å². The van der Waals surface area contributed by atoms with Crippen LogP contribution in [0, 0.1) is 11.3 Å². The third kappa shape index (κ3) is 4.65. The highest BCUT2D eigenvalue weighted by atomic mass is 16.1. The first-order valence-corrected chi connectivity index (χ1v) is 12.1. The van der Waals surface area contributed by atoms with Gasteiger partial charge in [0.1, 0.15) is 6.07 Å². The zero-order valence-corrected chi connectivity index (χ0v) is 20.3. The van der Waals surface area contributed by atoms with Gasteiger partial charge in [-0.2, -0.15) is 5.26 Å². The Morgan fingerprint density at radius 2 is 1.65 bits per heavy atom. The second kappa shape index (κ2) is 10.5. The molecule has 0 unspecified atom stereocenters. The second-order valence-electron chi connectivity index (χ2n) is 9.10. The number of nitriles is 1. The van der Waals surface area contributed by atoms with E-state index in [1.165, 1.54) is 37.7 Å². The summed E-state index contributed by atoms with van der Waals surface area (Å²) < 4.78 is 0. The summed E-state index contributed by atoms with van der Waals surface area (Å²) in [6, 6.07) is 18.3. The van der Waals surface area contributed by atoms with Crippen molar-refractivity contribution >= 4 is 11.9 Å². The lowest BCUT2D eigenvalue weighted by molar-refractivity contribution is 0.104. The fraction of sp³-hybridized carbons (Fsp3) is 0.300. The van der Waals surface area contributed by atoms with E-state index in [-0.39, 0.29) is 5.78 Å². The van der Waals surface area contributed by atoms with Crippen LogP contribution < -0.4 is 0 Å². The topological polar surface area (TPSA) is 57.0 Å². The lowest BCUT2D eigenvalue weighted by Gasteiger charge is -2.14. The monoisotopic (exact) mass is 449 g/mol. The van der Waals surface area contributed by atoms with E-state index in [2.05, 4.69) is 25.1 Å². The average Bonchev–Trinajstić information content (AvgIpc) is 3.14. The Balaban J connectivity index is 1.79. The number of nitrogens with zero attached hydrogens (tertiary/aromatic N) is 3. The van der Waals surface area contributed by atoms with Crippen LogP contribution in [0.5, 0.6) is 0 Å². The second-order valence-corrected chi connectivity index (χ2v) is 9.10. The number of aromatic nitrogens is 1. The number of hydrogen-bond donors (Lipinski definition) is 0. The number of hydrogen-bond acceptors (Lipinski definition) is 4. The van der Waals surface area contributed by atoms with Crippen LogP contribution in [0.1, 0.15) is 71.8 Å². The van der Waals surface area contributed by atoms with Crippen LogP contribution in [-0.4, -0.2) is 29.8 Å². The fourth-order valence-corrected chi connectivity index (χ4v) is 4.55. The van der Waals surface area contributed by atoms with E-state index in [0.717, 1.165) is 17.5 Å². The van der Waals surface area contributed by atoms with Gasteiger partial charge in [-0.3, -0.25) is 4.79 Å². The van der Waals surface area contributed by atoms with Crippen molar-refractivity contribution in [3.8, 4) is 28.5 Å². The highest BCUT2D eigenvalue weighted by Crippen LogP contribution is 2.43.